The van der Waals surface area contributed by atoms with Crippen LogP contribution in [0, 0.1) is 28.1 Å². The maximum Gasteiger partial charge on any atom is 0.108 e. The van der Waals surface area contributed by atoms with Crippen molar-refractivity contribution in [2.75, 3.05) is 6.54 Å². The quantitative estimate of drug-likeness (QED) is 0.451. The zero-order chi connectivity index (χ0) is 17.4. The van der Waals surface area contributed by atoms with Crippen molar-refractivity contribution < 1.29 is 4.74 Å². The van der Waals surface area contributed by atoms with Gasteiger partial charge in [-0.25, -0.2) is 0 Å². The van der Waals surface area contributed by atoms with E-state index in [9.17, 15) is 0 Å². The summed E-state index contributed by atoms with van der Waals surface area (Å²) in [7, 11) is 0. The van der Waals surface area contributed by atoms with Crippen LogP contribution in [0.25, 0.3) is 0 Å². The zero-order valence-electron chi connectivity index (χ0n) is 15.4. The summed E-state index contributed by atoms with van der Waals surface area (Å²) in [5.41, 5.74) is 4.28. The lowest BCUT2D eigenvalue weighted by molar-refractivity contribution is 0.0622. The Labute approximate surface area is 151 Å². The summed E-state index contributed by atoms with van der Waals surface area (Å²) in [6.07, 6.45) is 11.7. The predicted molar refractivity (Wildman–Crippen MR) is 101 cm³/mol. The molecule has 25 heavy (non-hydrogen) atoms. The number of allylic oxidation sites excluding steroid dienone is 1. The molecule has 1 aliphatic heterocycles. The van der Waals surface area contributed by atoms with Gasteiger partial charge in [-0.15, -0.1) is 0 Å². The second kappa shape index (κ2) is 4.94. The van der Waals surface area contributed by atoms with Crippen LogP contribution < -0.4 is 0 Å². The standard InChI is InChI=1S/C22H30N2O/c1-14-6-9-21(10-11-24-3)17-7-8-20(2)16(4-5-18(20)23)15(17)12-19-22(21,13-14)25-19/h7,15-16,19,23H,1,3-6,8-13H2,2H3. The summed E-state index contributed by atoms with van der Waals surface area (Å²) >= 11 is 0. The number of fused-ring (bicyclic) bond motifs is 4. The summed E-state index contributed by atoms with van der Waals surface area (Å²) in [4.78, 5) is 4.22. The van der Waals surface area contributed by atoms with Crippen LogP contribution in [-0.4, -0.2) is 30.7 Å². The van der Waals surface area contributed by atoms with Crippen molar-refractivity contribution in [3.05, 3.63) is 23.8 Å². The Morgan fingerprint density at radius 3 is 3.04 bits per heavy atom. The van der Waals surface area contributed by atoms with Gasteiger partial charge < -0.3 is 15.1 Å². The molecule has 4 fully saturated rings. The van der Waals surface area contributed by atoms with Gasteiger partial charge in [0.15, 0.2) is 0 Å². The minimum atomic E-state index is 0.00914. The third-order valence-electron chi connectivity index (χ3n) is 8.61. The molecule has 0 aromatic rings. The Balaban J connectivity index is 1.61. The molecule has 0 bridgehead atoms. The third kappa shape index (κ3) is 1.81. The van der Waals surface area contributed by atoms with E-state index in [2.05, 4.69) is 31.3 Å². The van der Waals surface area contributed by atoms with E-state index < -0.39 is 0 Å². The van der Waals surface area contributed by atoms with Gasteiger partial charge in [-0.1, -0.05) is 30.7 Å². The second-order valence-corrected chi connectivity index (χ2v) is 9.45. The molecule has 3 saturated carbocycles. The number of rotatable bonds is 3. The van der Waals surface area contributed by atoms with Gasteiger partial charge in [0, 0.05) is 29.5 Å². The fourth-order valence-corrected chi connectivity index (χ4v) is 7.21. The second-order valence-electron chi connectivity index (χ2n) is 9.45. The van der Waals surface area contributed by atoms with Crippen LogP contribution in [-0.2, 0) is 4.74 Å². The van der Waals surface area contributed by atoms with Crippen molar-refractivity contribution in [1.82, 2.24) is 0 Å². The van der Waals surface area contributed by atoms with Crippen LogP contribution >= 0.6 is 0 Å². The predicted octanol–water partition coefficient (Wildman–Crippen LogP) is 4.73. The highest BCUT2D eigenvalue weighted by atomic mass is 16.6. The molecule has 0 radical (unpaired) electrons. The van der Waals surface area contributed by atoms with E-state index in [1.54, 1.807) is 5.57 Å². The Morgan fingerprint density at radius 2 is 2.24 bits per heavy atom. The molecule has 5 rings (SSSR count). The number of nitrogens with zero attached hydrogens (tertiary/aromatic N) is 1. The normalized spacial score (nSPS) is 50.3. The topological polar surface area (TPSA) is 48.7 Å². The number of hydrogen-bond acceptors (Lipinski definition) is 3. The van der Waals surface area contributed by atoms with Crippen LogP contribution in [0.1, 0.15) is 58.3 Å². The summed E-state index contributed by atoms with van der Waals surface area (Å²) in [6.45, 7) is 11.2. The van der Waals surface area contributed by atoms with Gasteiger partial charge >= 0.3 is 0 Å². The van der Waals surface area contributed by atoms with E-state index >= 15 is 0 Å². The Hall–Kier alpha value is -1.22. The Morgan fingerprint density at radius 1 is 1.40 bits per heavy atom. The molecule has 0 amide bonds. The molecule has 0 aromatic heterocycles. The molecule has 6 unspecified atom stereocenters. The molecule has 4 aliphatic carbocycles. The number of hydrogen-bond donors (Lipinski definition) is 1. The lowest BCUT2D eigenvalue weighted by atomic mass is 9.47. The number of aliphatic imine (C=N–C) groups is 1. The highest BCUT2D eigenvalue weighted by Gasteiger charge is 2.75. The Kier molecular flexibility index (Phi) is 3.16. The minimum absolute atomic E-state index is 0.00914. The maximum absolute atomic E-state index is 8.51. The van der Waals surface area contributed by atoms with E-state index in [0.29, 0.717) is 17.9 Å². The Bertz CT molecular complexity index is 705. The van der Waals surface area contributed by atoms with Gasteiger partial charge in [-0.05, 0) is 63.5 Å². The summed E-state index contributed by atoms with van der Waals surface area (Å²) in [6, 6.07) is 0. The lowest BCUT2D eigenvalue weighted by Crippen LogP contribution is -2.53. The molecule has 3 nitrogen and oxygen atoms in total. The lowest BCUT2D eigenvalue weighted by Gasteiger charge is -2.55. The van der Waals surface area contributed by atoms with E-state index in [-0.39, 0.29) is 16.4 Å². The van der Waals surface area contributed by atoms with Crippen molar-refractivity contribution in [3.8, 4) is 0 Å². The summed E-state index contributed by atoms with van der Waals surface area (Å²) in [5, 5.41) is 8.51. The average Bonchev–Trinajstić information content (AvgIpc) is 3.20. The number of epoxide rings is 1. The molecule has 5 aliphatic rings. The molecule has 3 heteroatoms. The van der Waals surface area contributed by atoms with Crippen molar-refractivity contribution in [2.45, 2.75) is 70.0 Å². The molecule has 1 saturated heterocycles. The van der Waals surface area contributed by atoms with Crippen molar-refractivity contribution in [3.63, 3.8) is 0 Å². The fourth-order valence-electron chi connectivity index (χ4n) is 7.21. The van der Waals surface area contributed by atoms with Crippen LogP contribution in [0.5, 0.6) is 0 Å². The van der Waals surface area contributed by atoms with E-state index in [4.69, 9.17) is 10.1 Å². The zero-order valence-corrected chi connectivity index (χ0v) is 15.4. The van der Waals surface area contributed by atoms with Crippen molar-refractivity contribution in [2.24, 2.45) is 27.7 Å². The average molecular weight is 338 g/mol. The van der Waals surface area contributed by atoms with Crippen molar-refractivity contribution in [1.29, 1.82) is 5.41 Å². The van der Waals surface area contributed by atoms with E-state index in [1.165, 1.54) is 18.4 Å². The molecular weight excluding hydrogens is 308 g/mol. The minimum Gasteiger partial charge on any atom is -0.365 e. The highest BCUT2D eigenvalue weighted by molar-refractivity contribution is 5.90. The third-order valence-corrected chi connectivity index (χ3v) is 8.61. The number of ether oxygens (including phenoxy) is 1. The van der Waals surface area contributed by atoms with Crippen LogP contribution in [0.3, 0.4) is 0 Å². The largest absolute Gasteiger partial charge is 0.365 e. The first kappa shape index (κ1) is 16.0. The van der Waals surface area contributed by atoms with Gasteiger partial charge in [-0.3, -0.25) is 0 Å². The first-order valence-electron chi connectivity index (χ1n) is 10.0. The van der Waals surface area contributed by atoms with Crippen LogP contribution in [0.4, 0.5) is 0 Å². The van der Waals surface area contributed by atoms with Crippen LogP contribution in [0.15, 0.2) is 28.8 Å². The van der Waals surface area contributed by atoms with Gasteiger partial charge in [0.1, 0.15) is 5.60 Å². The molecule has 1 spiro atoms. The number of nitrogens with one attached hydrogen (secondary N) is 1. The monoisotopic (exact) mass is 338 g/mol. The SMILES string of the molecule is C=NCCC12CCC(=C)CC13OC3CC1C2=CCC2(C)C(=N)CCC12. The fraction of sp³-hybridized carbons (Fsp3) is 0.727. The molecule has 1 N–H and O–H groups in total. The highest BCUT2D eigenvalue weighted by Crippen LogP contribution is 2.73. The summed E-state index contributed by atoms with van der Waals surface area (Å²) < 4.78 is 6.52. The van der Waals surface area contributed by atoms with Gasteiger partial charge in [0.05, 0.1) is 6.10 Å². The molecule has 1 heterocycles. The van der Waals surface area contributed by atoms with Gasteiger partial charge in [0.2, 0.25) is 0 Å². The maximum atomic E-state index is 8.51. The molecule has 134 valence electrons. The molecule has 6 atom stereocenters. The van der Waals surface area contributed by atoms with Gasteiger partial charge in [0.25, 0.3) is 0 Å². The van der Waals surface area contributed by atoms with E-state index in [1.807, 2.05) is 0 Å². The summed E-state index contributed by atoms with van der Waals surface area (Å²) in [5.74, 6) is 1.25. The smallest absolute Gasteiger partial charge is 0.108 e. The molecule has 0 aromatic carbocycles. The molecular formula is C22H30N2O. The van der Waals surface area contributed by atoms with Gasteiger partial charge in [-0.2, -0.15) is 0 Å². The van der Waals surface area contributed by atoms with Crippen molar-refractivity contribution >= 4 is 12.4 Å². The first-order valence-corrected chi connectivity index (χ1v) is 10.0. The first-order chi connectivity index (χ1) is 12.0. The van der Waals surface area contributed by atoms with E-state index in [0.717, 1.165) is 50.8 Å². The van der Waals surface area contributed by atoms with Crippen LogP contribution in [0.2, 0.25) is 0 Å².